The Hall–Kier alpha value is -3.15. The van der Waals surface area contributed by atoms with E-state index in [4.69, 9.17) is 14.2 Å². The topological polar surface area (TPSA) is 78.9 Å². The van der Waals surface area contributed by atoms with Crippen LogP contribution >= 0.6 is 0 Å². The molecule has 6 heteroatoms. The van der Waals surface area contributed by atoms with Crippen LogP contribution < -0.4 is 0 Å². The van der Waals surface area contributed by atoms with Gasteiger partial charge in [0.2, 0.25) is 0 Å². The highest BCUT2D eigenvalue weighted by molar-refractivity contribution is 5.71. The van der Waals surface area contributed by atoms with Crippen molar-refractivity contribution in [3.05, 3.63) is 72.9 Å². The Labute approximate surface area is 389 Å². The molecule has 0 heterocycles. The highest BCUT2D eigenvalue weighted by Crippen LogP contribution is 2.15. The summed E-state index contributed by atoms with van der Waals surface area (Å²) in [7, 11) is 0. The molecule has 0 saturated carbocycles. The molecular formula is C57H98O6. The van der Waals surface area contributed by atoms with Gasteiger partial charge in [-0.15, -0.1) is 0 Å². The maximum Gasteiger partial charge on any atom is 0.306 e. The average Bonchev–Trinajstić information content (AvgIpc) is 3.28. The summed E-state index contributed by atoms with van der Waals surface area (Å²) < 4.78 is 16.8. The number of unbranched alkanes of at least 4 members (excludes halogenated alkanes) is 24. The molecule has 0 N–H and O–H groups in total. The molecule has 0 amide bonds. The third-order valence-electron chi connectivity index (χ3n) is 11.2. The fourth-order valence-electron chi connectivity index (χ4n) is 7.21. The highest BCUT2D eigenvalue weighted by atomic mass is 16.6. The van der Waals surface area contributed by atoms with Gasteiger partial charge in [0.1, 0.15) is 13.2 Å². The monoisotopic (exact) mass is 879 g/mol. The molecule has 0 aromatic carbocycles. The zero-order valence-electron chi connectivity index (χ0n) is 41.3. The van der Waals surface area contributed by atoms with E-state index in [-0.39, 0.29) is 31.1 Å². The van der Waals surface area contributed by atoms with Crippen molar-refractivity contribution in [1.82, 2.24) is 0 Å². The summed E-state index contributed by atoms with van der Waals surface area (Å²) in [6.07, 6.45) is 64.6. The van der Waals surface area contributed by atoms with Crippen LogP contribution in [0.15, 0.2) is 72.9 Å². The van der Waals surface area contributed by atoms with Gasteiger partial charge in [0, 0.05) is 19.3 Å². The molecule has 1 unspecified atom stereocenters. The maximum atomic E-state index is 12.8. The molecule has 0 aliphatic carbocycles. The van der Waals surface area contributed by atoms with Gasteiger partial charge < -0.3 is 14.2 Å². The lowest BCUT2D eigenvalue weighted by Gasteiger charge is -2.18. The Morgan fingerprint density at radius 3 is 1.05 bits per heavy atom. The summed E-state index contributed by atoms with van der Waals surface area (Å²) >= 11 is 0. The van der Waals surface area contributed by atoms with Crippen molar-refractivity contribution in [2.24, 2.45) is 0 Å². The summed E-state index contributed by atoms with van der Waals surface area (Å²) in [6, 6.07) is 0. The fraction of sp³-hybridized carbons (Fsp3) is 0.737. The lowest BCUT2D eigenvalue weighted by molar-refractivity contribution is -0.167. The normalized spacial score (nSPS) is 12.6. The van der Waals surface area contributed by atoms with Gasteiger partial charge in [-0.05, 0) is 83.5 Å². The van der Waals surface area contributed by atoms with E-state index in [9.17, 15) is 14.4 Å². The second-order valence-electron chi connectivity index (χ2n) is 17.4. The van der Waals surface area contributed by atoms with Crippen molar-refractivity contribution in [1.29, 1.82) is 0 Å². The van der Waals surface area contributed by atoms with Gasteiger partial charge in [0.15, 0.2) is 6.10 Å². The van der Waals surface area contributed by atoms with E-state index in [1.165, 1.54) is 96.3 Å². The molecule has 0 saturated heterocycles. The molecule has 6 nitrogen and oxygen atoms in total. The number of allylic oxidation sites excluding steroid dienone is 12. The van der Waals surface area contributed by atoms with Crippen LogP contribution in [-0.2, 0) is 28.6 Å². The Bertz CT molecular complexity index is 1190. The van der Waals surface area contributed by atoms with Crippen molar-refractivity contribution < 1.29 is 28.6 Å². The first-order valence-electron chi connectivity index (χ1n) is 26.4. The Kier molecular flexibility index (Phi) is 48.9. The van der Waals surface area contributed by atoms with Crippen LogP contribution in [0.1, 0.15) is 252 Å². The first-order chi connectivity index (χ1) is 31.0. The van der Waals surface area contributed by atoms with Gasteiger partial charge in [-0.1, -0.05) is 222 Å². The van der Waals surface area contributed by atoms with Crippen LogP contribution in [0.3, 0.4) is 0 Å². The minimum Gasteiger partial charge on any atom is -0.462 e. The molecule has 63 heavy (non-hydrogen) atoms. The molecule has 362 valence electrons. The van der Waals surface area contributed by atoms with Gasteiger partial charge in [-0.3, -0.25) is 14.4 Å². The second-order valence-corrected chi connectivity index (χ2v) is 17.4. The van der Waals surface area contributed by atoms with Crippen molar-refractivity contribution >= 4 is 17.9 Å². The number of esters is 3. The average molecular weight is 879 g/mol. The van der Waals surface area contributed by atoms with Crippen LogP contribution in [-0.4, -0.2) is 37.2 Å². The molecule has 0 fully saturated rings. The minimum atomic E-state index is -0.790. The molecular weight excluding hydrogens is 781 g/mol. The number of ether oxygens (including phenoxy) is 3. The summed E-state index contributed by atoms with van der Waals surface area (Å²) in [6.45, 7) is 6.45. The predicted octanol–water partition coefficient (Wildman–Crippen LogP) is 17.4. The van der Waals surface area contributed by atoms with Crippen LogP contribution in [0.2, 0.25) is 0 Å². The lowest BCUT2D eigenvalue weighted by Crippen LogP contribution is -2.30. The molecule has 0 rings (SSSR count). The predicted molar refractivity (Wildman–Crippen MR) is 270 cm³/mol. The Morgan fingerprint density at radius 1 is 0.333 bits per heavy atom. The van der Waals surface area contributed by atoms with E-state index >= 15 is 0 Å². The quantitative estimate of drug-likeness (QED) is 0.0262. The van der Waals surface area contributed by atoms with E-state index in [1.807, 2.05) is 0 Å². The first kappa shape index (κ1) is 59.9. The van der Waals surface area contributed by atoms with Crippen molar-refractivity contribution in [3.63, 3.8) is 0 Å². The number of carbonyl (C=O) groups excluding carboxylic acids is 3. The number of carbonyl (C=O) groups is 3. The smallest absolute Gasteiger partial charge is 0.306 e. The van der Waals surface area contributed by atoms with E-state index in [2.05, 4.69) is 93.7 Å². The SMILES string of the molecule is CC/C=C\C/C=C\C/C=C\C/C=C\C/C=C\CCCCCC(=O)OCC(COC(=O)CCCCCC/C=C\CCCC)OC(=O)CCCCCCCCCCCCCCCCCC. The zero-order chi connectivity index (χ0) is 45.8. The van der Waals surface area contributed by atoms with E-state index in [0.29, 0.717) is 19.3 Å². The van der Waals surface area contributed by atoms with Crippen LogP contribution in [0.4, 0.5) is 0 Å². The van der Waals surface area contributed by atoms with E-state index < -0.39 is 6.10 Å². The largest absolute Gasteiger partial charge is 0.462 e. The third-order valence-corrected chi connectivity index (χ3v) is 11.2. The molecule has 0 aromatic heterocycles. The fourth-order valence-corrected chi connectivity index (χ4v) is 7.21. The third kappa shape index (κ3) is 49.7. The van der Waals surface area contributed by atoms with Gasteiger partial charge >= 0.3 is 17.9 Å². The van der Waals surface area contributed by atoms with E-state index in [0.717, 1.165) is 116 Å². The van der Waals surface area contributed by atoms with Gasteiger partial charge in [0.05, 0.1) is 0 Å². The Morgan fingerprint density at radius 2 is 0.635 bits per heavy atom. The number of hydrogen-bond donors (Lipinski definition) is 0. The summed E-state index contributed by atoms with van der Waals surface area (Å²) in [5.41, 5.74) is 0. The molecule has 0 bridgehead atoms. The molecule has 0 aliphatic rings. The molecule has 0 aliphatic heterocycles. The lowest BCUT2D eigenvalue weighted by atomic mass is 10.0. The molecule has 0 radical (unpaired) electrons. The van der Waals surface area contributed by atoms with E-state index in [1.54, 1.807) is 0 Å². The van der Waals surface area contributed by atoms with Crippen LogP contribution in [0.25, 0.3) is 0 Å². The molecule has 0 spiro atoms. The summed E-state index contributed by atoms with van der Waals surface area (Å²) in [5, 5.41) is 0. The maximum absolute atomic E-state index is 12.8. The number of rotatable bonds is 47. The number of hydrogen-bond acceptors (Lipinski definition) is 6. The first-order valence-corrected chi connectivity index (χ1v) is 26.4. The summed E-state index contributed by atoms with van der Waals surface area (Å²) in [5.74, 6) is -0.932. The van der Waals surface area contributed by atoms with Crippen molar-refractivity contribution in [3.8, 4) is 0 Å². The highest BCUT2D eigenvalue weighted by Gasteiger charge is 2.19. The summed E-state index contributed by atoms with van der Waals surface area (Å²) in [4.78, 5) is 37.9. The van der Waals surface area contributed by atoms with Crippen molar-refractivity contribution in [2.45, 2.75) is 258 Å². The standard InChI is InChI=1S/C57H98O6/c1-4-7-10-13-16-19-22-24-26-28-29-30-32-33-35-38-41-44-47-50-56(59)62-53-54(52-61-55(58)49-46-43-40-37-21-18-15-12-9-6-3)63-57(60)51-48-45-42-39-36-34-31-27-25-23-20-17-14-11-8-5-2/h7,10,15-16,18-19,24,26,29-30,33,35,54H,4-6,8-9,11-14,17,20-23,25,27-28,31-32,34,36-53H2,1-3H3/b10-7-,18-15-,19-16-,26-24-,30-29-,35-33-. The zero-order valence-corrected chi connectivity index (χ0v) is 41.3. The van der Waals surface area contributed by atoms with Gasteiger partial charge in [-0.2, -0.15) is 0 Å². The van der Waals surface area contributed by atoms with Gasteiger partial charge in [-0.25, -0.2) is 0 Å². The van der Waals surface area contributed by atoms with Crippen LogP contribution in [0, 0.1) is 0 Å². The second kappa shape index (κ2) is 51.5. The van der Waals surface area contributed by atoms with Crippen molar-refractivity contribution in [2.75, 3.05) is 13.2 Å². The van der Waals surface area contributed by atoms with Crippen LogP contribution in [0.5, 0.6) is 0 Å². The van der Waals surface area contributed by atoms with Gasteiger partial charge in [0.25, 0.3) is 0 Å². The molecule has 1 atom stereocenters. The Balaban J connectivity index is 4.39. The minimum absolute atomic E-state index is 0.0907. The molecule has 0 aromatic rings.